The van der Waals surface area contributed by atoms with Crippen LogP contribution in [0, 0.1) is 5.92 Å². The van der Waals surface area contributed by atoms with E-state index >= 15 is 0 Å². The topological polar surface area (TPSA) is 40.6 Å². The molecule has 1 aliphatic heterocycles. The summed E-state index contributed by atoms with van der Waals surface area (Å²) in [7, 11) is -0.255. The SMILES string of the molecule is CN(C)S(=O)(=O)c1ccc(N2CCC(CCCl)C2)cc1. The molecule has 1 saturated heterocycles. The molecule has 1 fully saturated rings. The van der Waals surface area contributed by atoms with Gasteiger partial charge in [0.2, 0.25) is 10.0 Å². The molecule has 1 unspecified atom stereocenters. The number of benzene rings is 1. The highest BCUT2D eigenvalue weighted by Gasteiger charge is 2.23. The summed E-state index contributed by atoms with van der Waals surface area (Å²) in [5.74, 6) is 1.36. The van der Waals surface area contributed by atoms with Crippen molar-refractivity contribution in [1.82, 2.24) is 4.31 Å². The summed E-state index contributed by atoms with van der Waals surface area (Å²) in [6, 6.07) is 7.14. The molecule has 20 heavy (non-hydrogen) atoms. The van der Waals surface area contributed by atoms with Crippen molar-refractivity contribution in [3.05, 3.63) is 24.3 Å². The number of hydrogen-bond donors (Lipinski definition) is 0. The van der Waals surface area contributed by atoms with Crippen molar-refractivity contribution in [2.45, 2.75) is 17.7 Å². The molecule has 1 aliphatic rings. The highest BCUT2D eigenvalue weighted by Crippen LogP contribution is 2.27. The van der Waals surface area contributed by atoms with Crippen molar-refractivity contribution < 1.29 is 8.42 Å². The Bertz CT molecular complexity index is 543. The lowest BCUT2D eigenvalue weighted by atomic mass is 10.1. The van der Waals surface area contributed by atoms with Crippen LogP contribution in [0.25, 0.3) is 0 Å². The predicted octanol–water partition coefficient (Wildman–Crippen LogP) is 2.39. The highest BCUT2D eigenvalue weighted by molar-refractivity contribution is 7.89. The quantitative estimate of drug-likeness (QED) is 0.783. The second kappa shape index (κ2) is 6.33. The van der Waals surface area contributed by atoms with Gasteiger partial charge in [0.15, 0.2) is 0 Å². The molecule has 0 N–H and O–H groups in total. The molecule has 112 valence electrons. The van der Waals surface area contributed by atoms with E-state index in [1.807, 2.05) is 12.1 Å². The first kappa shape index (κ1) is 15.6. The van der Waals surface area contributed by atoms with Gasteiger partial charge in [-0.15, -0.1) is 11.6 Å². The minimum Gasteiger partial charge on any atom is -0.371 e. The van der Waals surface area contributed by atoms with E-state index in [0.29, 0.717) is 16.7 Å². The third kappa shape index (κ3) is 3.27. The monoisotopic (exact) mass is 316 g/mol. The number of sulfonamides is 1. The standard InChI is InChI=1S/C14H21ClN2O2S/c1-16(2)20(18,19)14-5-3-13(4-6-14)17-10-8-12(11-17)7-9-15/h3-6,12H,7-11H2,1-2H3. The van der Waals surface area contributed by atoms with E-state index in [-0.39, 0.29) is 0 Å². The third-order valence-corrected chi connectivity index (χ3v) is 5.83. The lowest BCUT2D eigenvalue weighted by molar-refractivity contribution is 0.521. The molecule has 0 aliphatic carbocycles. The zero-order valence-electron chi connectivity index (χ0n) is 11.9. The molecule has 1 aromatic rings. The molecular weight excluding hydrogens is 296 g/mol. The molecule has 1 aromatic carbocycles. The number of rotatable bonds is 5. The Morgan fingerprint density at radius 2 is 1.95 bits per heavy atom. The van der Waals surface area contributed by atoms with Gasteiger partial charge in [-0.05, 0) is 43.0 Å². The van der Waals surface area contributed by atoms with Gasteiger partial charge in [-0.1, -0.05) is 0 Å². The van der Waals surface area contributed by atoms with Crippen molar-refractivity contribution in [1.29, 1.82) is 0 Å². The predicted molar refractivity (Wildman–Crippen MR) is 83.0 cm³/mol. The second-order valence-corrected chi connectivity index (χ2v) is 7.89. The fourth-order valence-corrected chi connectivity index (χ4v) is 3.71. The van der Waals surface area contributed by atoms with Gasteiger partial charge in [-0.3, -0.25) is 0 Å². The van der Waals surface area contributed by atoms with E-state index in [1.54, 1.807) is 26.2 Å². The van der Waals surface area contributed by atoms with Crippen molar-refractivity contribution >= 4 is 27.3 Å². The minimum absolute atomic E-state index is 0.336. The summed E-state index contributed by atoms with van der Waals surface area (Å²) in [5.41, 5.74) is 1.08. The van der Waals surface area contributed by atoms with Crippen LogP contribution in [-0.4, -0.2) is 45.8 Å². The Morgan fingerprint density at radius 3 is 2.50 bits per heavy atom. The largest absolute Gasteiger partial charge is 0.371 e. The molecule has 0 aromatic heterocycles. The summed E-state index contributed by atoms with van der Waals surface area (Å²) in [6.45, 7) is 2.02. The Kier molecular flexibility index (Phi) is 4.94. The molecular formula is C14H21ClN2O2S. The van der Waals surface area contributed by atoms with Gasteiger partial charge in [0.05, 0.1) is 4.90 Å². The Balaban J connectivity index is 2.10. The maximum Gasteiger partial charge on any atom is 0.242 e. The first-order chi connectivity index (χ1) is 9.45. The van der Waals surface area contributed by atoms with Crippen LogP contribution in [0.15, 0.2) is 29.2 Å². The maximum atomic E-state index is 12.0. The van der Waals surface area contributed by atoms with Gasteiger partial charge >= 0.3 is 0 Å². The first-order valence-electron chi connectivity index (χ1n) is 6.78. The molecule has 0 bridgehead atoms. The van der Waals surface area contributed by atoms with Gasteiger partial charge in [-0.2, -0.15) is 0 Å². The van der Waals surface area contributed by atoms with Crippen molar-refractivity contribution in [2.24, 2.45) is 5.92 Å². The molecule has 6 heteroatoms. The average molecular weight is 317 g/mol. The van der Waals surface area contributed by atoms with Gasteiger partial charge < -0.3 is 4.90 Å². The summed E-state index contributed by atoms with van der Waals surface area (Å²) in [6.07, 6.45) is 2.20. The summed E-state index contributed by atoms with van der Waals surface area (Å²) >= 11 is 5.79. The molecule has 1 heterocycles. The van der Waals surface area contributed by atoms with Crippen LogP contribution >= 0.6 is 11.6 Å². The zero-order chi connectivity index (χ0) is 14.8. The number of anilines is 1. The molecule has 0 spiro atoms. The van der Waals surface area contributed by atoms with Crippen LogP contribution in [-0.2, 0) is 10.0 Å². The lowest BCUT2D eigenvalue weighted by Gasteiger charge is -2.19. The van der Waals surface area contributed by atoms with E-state index in [2.05, 4.69) is 4.90 Å². The summed E-state index contributed by atoms with van der Waals surface area (Å²) in [4.78, 5) is 2.63. The van der Waals surface area contributed by atoms with Gasteiger partial charge in [0.25, 0.3) is 0 Å². The van der Waals surface area contributed by atoms with E-state index in [4.69, 9.17) is 11.6 Å². The third-order valence-electron chi connectivity index (χ3n) is 3.78. The van der Waals surface area contributed by atoms with E-state index < -0.39 is 10.0 Å². The first-order valence-corrected chi connectivity index (χ1v) is 8.76. The van der Waals surface area contributed by atoms with E-state index in [0.717, 1.165) is 31.6 Å². The van der Waals surface area contributed by atoms with Crippen LogP contribution in [0.1, 0.15) is 12.8 Å². The number of nitrogens with zero attached hydrogens (tertiary/aromatic N) is 2. The Labute approximate surface area is 126 Å². The second-order valence-electron chi connectivity index (χ2n) is 5.36. The fraction of sp³-hybridized carbons (Fsp3) is 0.571. The van der Waals surface area contributed by atoms with Crippen molar-refractivity contribution in [2.75, 3.05) is 38.0 Å². The Morgan fingerprint density at radius 1 is 1.30 bits per heavy atom. The van der Waals surface area contributed by atoms with Crippen LogP contribution in [0.3, 0.4) is 0 Å². The maximum absolute atomic E-state index is 12.0. The van der Waals surface area contributed by atoms with E-state index in [9.17, 15) is 8.42 Å². The highest BCUT2D eigenvalue weighted by atomic mass is 35.5. The number of hydrogen-bond acceptors (Lipinski definition) is 3. The molecule has 0 amide bonds. The molecule has 2 rings (SSSR count). The number of halogens is 1. The van der Waals surface area contributed by atoms with E-state index in [1.165, 1.54) is 4.31 Å². The molecule has 0 radical (unpaired) electrons. The van der Waals surface area contributed by atoms with Gasteiger partial charge in [0, 0.05) is 38.8 Å². The molecule has 4 nitrogen and oxygen atoms in total. The number of alkyl halides is 1. The Hall–Kier alpha value is -0.780. The average Bonchev–Trinajstić information content (AvgIpc) is 2.88. The zero-order valence-corrected chi connectivity index (χ0v) is 13.5. The van der Waals surface area contributed by atoms with Gasteiger partial charge in [0.1, 0.15) is 0 Å². The van der Waals surface area contributed by atoms with Gasteiger partial charge in [-0.25, -0.2) is 12.7 Å². The van der Waals surface area contributed by atoms with Crippen molar-refractivity contribution in [3.8, 4) is 0 Å². The van der Waals surface area contributed by atoms with Crippen LogP contribution in [0.4, 0.5) is 5.69 Å². The van der Waals surface area contributed by atoms with Crippen molar-refractivity contribution in [3.63, 3.8) is 0 Å². The lowest BCUT2D eigenvalue weighted by Crippen LogP contribution is -2.23. The minimum atomic E-state index is -3.34. The van der Waals surface area contributed by atoms with Crippen LogP contribution in [0.5, 0.6) is 0 Å². The summed E-state index contributed by atoms with van der Waals surface area (Å²) < 4.78 is 25.2. The summed E-state index contributed by atoms with van der Waals surface area (Å²) in [5, 5.41) is 0. The molecule has 0 saturated carbocycles. The normalized spacial score (nSPS) is 19.8. The van der Waals surface area contributed by atoms with Crippen LogP contribution in [0.2, 0.25) is 0 Å². The van der Waals surface area contributed by atoms with Crippen LogP contribution < -0.4 is 4.90 Å². The molecule has 1 atom stereocenters. The smallest absolute Gasteiger partial charge is 0.242 e. The fourth-order valence-electron chi connectivity index (χ4n) is 2.50.